The van der Waals surface area contributed by atoms with Crippen LogP contribution >= 0.6 is 0 Å². The van der Waals surface area contributed by atoms with E-state index in [2.05, 4.69) is 0 Å². The van der Waals surface area contributed by atoms with Crippen molar-refractivity contribution in [2.45, 2.75) is 37.9 Å². The van der Waals surface area contributed by atoms with E-state index < -0.39 is 27.4 Å². The fraction of sp³-hybridized carbons (Fsp3) is 0.818. The molecular formula is C11H18F2O3S. The molecule has 1 aliphatic rings. The molecule has 0 radical (unpaired) electrons. The molecule has 1 aliphatic carbocycles. The Bertz CT molecular complexity index is 376. The third-order valence-corrected chi connectivity index (χ3v) is 4.51. The molecule has 0 N–H and O–H groups in total. The Balaban J connectivity index is 2.81. The standard InChI is InChI=1S/C11H18F2O3S/c1-3-16-10-5-4-9(17(2,14)15)6-8(10)7-11(12)13/h5,8-9,11H,3-4,6-7H2,1-2H3. The van der Waals surface area contributed by atoms with Crippen LogP contribution in [0.4, 0.5) is 8.78 Å². The highest BCUT2D eigenvalue weighted by atomic mass is 32.2. The van der Waals surface area contributed by atoms with Crippen molar-refractivity contribution in [3.05, 3.63) is 11.8 Å². The first-order chi connectivity index (χ1) is 7.84. The summed E-state index contributed by atoms with van der Waals surface area (Å²) in [5, 5.41) is -0.560. The molecule has 2 atom stereocenters. The fourth-order valence-electron chi connectivity index (χ4n) is 2.06. The van der Waals surface area contributed by atoms with Gasteiger partial charge in [0.2, 0.25) is 6.43 Å². The van der Waals surface area contributed by atoms with Crippen LogP contribution in [0.1, 0.15) is 26.2 Å². The third kappa shape index (κ3) is 4.26. The smallest absolute Gasteiger partial charge is 0.239 e. The molecule has 1 rings (SSSR count). The number of sulfone groups is 1. The molecule has 0 fully saturated rings. The zero-order valence-electron chi connectivity index (χ0n) is 10.0. The molecule has 0 saturated carbocycles. The van der Waals surface area contributed by atoms with E-state index in [1.165, 1.54) is 0 Å². The minimum atomic E-state index is -3.18. The van der Waals surface area contributed by atoms with Gasteiger partial charge in [0.15, 0.2) is 9.84 Å². The van der Waals surface area contributed by atoms with Crippen molar-refractivity contribution in [3.63, 3.8) is 0 Å². The summed E-state index contributed by atoms with van der Waals surface area (Å²) in [4.78, 5) is 0. The maximum absolute atomic E-state index is 12.4. The second-order valence-electron chi connectivity index (χ2n) is 4.29. The van der Waals surface area contributed by atoms with Gasteiger partial charge in [-0.1, -0.05) is 0 Å². The van der Waals surface area contributed by atoms with Gasteiger partial charge in [0.05, 0.1) is 17.6 Å². The van der Waals surface area contributed by atoms with Crippen LogP contribution in [0.15, 0.2) is 11.8 Å². The number of ether oxygens (including phenoxy) is 1. The highest BCUT2D eigenvalue weighted by molar-refractivity contribution is 7.91. The van der Waals surface area contributed by atoms with Crippen molar-refractivity contribution in [3.8, 4) is 0 Å². The lowest BCUT2D eigenvalue weighted by atomic mass is 9.90. The normalized spacial score (nSPS) is 25.8. The summed E-state index contributed by atoms with van der Waals surface area (Å²) in [7, 11) is -3.18. The Labute approximate surface area is 101 Å². The number of allylic oxidation sites excluding steroid dienone is 2. The Morgan fingerprint density at radius 3 is 2.65 bits per heavy atom. The van der Waals surface area contributed by atoms with Gasteiger partial charge in [-0.2, -0.15) is 0 Å². The minimum absolute atomic E-state index is 0.231. The third-order valence-electron chi connectivity index (χ3n) is 2.91. The zero-order chi connectivity index (χ0) is 13.1. The molecule has 0 aromatic rings. The molecule has 0 aromatic carbocycles. The molecule has 0 aliphatic heterocycles. The second kappa shape index (κ2) is 5.80. The molecule has 0 heterocycles. The molecule has 3 nitrogen and oxygen atoms in total. The van der Waals surface area contributed by atoms with Crippen LogP contribution in [0.25, 0.3) is 0 Å². The summed E-state index contributed by atoms with van der Waals surface area (Å²) in [5.41, 5.74) is 0. The SMILES string of the molecule is CCOC1=CCC(S(C)(=O)=O)CC1CC(F)F. The Morgan fingerprint density at radius 2 is 2.18 bits per heavy atom. The molecule has 100 valence electrons. The first-order valence-electron chi connectivity index (χ1n) is 5.64. The van der Waals surface area contributed by atoms with E-state index in [1.807, 2.05) is 0 Å². The van der Waals surface area contributed by atoms with Crippen LogP contribution in [0, 0.1) is 5.92 Å². The van der Waals surface area contributed by atoms with E-state index in [4.69, 9.17) is 4.74 Å². The van der Waals surface area contributed by atoms with Gasteiger partial charge in [-0.15, -0.1) is 0 Å². The predicted octanol–water partition coefficient (Wildman–Crippen LogP) is 2.39. The number of halogens is 2. The monoisotopic (exact) mass is 268 g/mol. The average molecular weight is 268 g/mol. The van der Waals surface area contributed by atoms with Gasteiger partial charge in [-0.3, -0.25) is 0 Å². The van der Waals surface area contributed by atoms with E-state index in [0.29, 0.717) is 18.8 Å². The topological polar surface area (TPSA) is 43.4 Å². The number of hydrogen-bond donors (Lipinski definition) is 0. The molecule has 0 amide bonds. The van der Waals surface area contributed by atoms with Crippen LogP contribution in [-0.4, -0.2) is 33.0 Å². The molecule has 0 aromatic heterocycles. The van der Waals surface area contributed by atoms with E-state index in [0.717, 1.165) is 6.26 Å². The van der Waals surface area contributed by atoms with Gasteiger partial charge in [0, 0.05) is 18.6 Å². The van der Waals surface area contributed by atoms with Crippen molar-refractivity contribution >= 4 is 9.84 Å². The molecule has 0 saturated heterocycles. The molecular weight excluding hydrogens is 250 g/mol. The van der Waals surface area contributed by atoms with E-state index >= 15 is 0 Å². The van der Waals surface area contributed by atoms with E-state index in [1.54, 1.807) is 13.0 Å². The van der Waals surface area contributed by atoms with Gasteiger partial charge in [0.25, 0.3) is 0 Å². The van der Waals surface area contributed by atoms with Crippen molar-refractivity contribution in [2.75, 3.05) is 12.9 Å². The molecule has 0 spiro atoms. The quantitative estimate of drug-likeness (QED) is 0.769. The molecule has 0 bridgehead atoms. The van der Waals surface area contributed by atoms with Gasteiger partial charge in [-0.05, 0) is 25.8 Å². The highest BCUT2D eigenvalue weighted by Crippen LogP contribution is 2.33. The summed E-state index contributed by atoms with van der Waals surface area (Å²) < 4.78 is 53.0. The van der Waals surface area contributed by atoms with Crippen molar-refractivity contribution in [1.29, 1.82) is 0 Å². The first-order valence-corrected chi connectivity index (χ1v) is 7.60. The van der Waals surface area contributed by atoms with Crippen molar-refractivity contribution in [1.82, 2.24) is 0 Å². The van der Waals surface area contributed by atoms with E-state index in [9.17, 15) is 17.2 Å². The van der Waals surface area contributed by atoms with Crippen LogP contribution in [0.3, 0.4) is 0 Å². The summed E-state index contributed by atoms with van der Waals surface area (Å²) in [5.74, 6) is 0.0381. The van der Waals surface area contributed by atoms with Crippen LogP contribution in [0.5, 0.6) is 0 Å². The van der Waals surface area contributed by atoms with Gasteiger partial charge in [-0.25, -0.2) is 17.2 Å². The lowest BCUT2D eigenvalue weighted by Gasteiger charge is -2.28. The van der Waals surface area contributed by atoms with E-state index in [-0.39, 0.29) is 12.8 Å². The second-order valence-corrected chi connectivity index (χ2v) is 6.61. The first kappa shape index (κ1) is 14.4. The number of rotatable bonds is 5. The van der Waals surface area contributed by atoms with Crippen molar-refractivity contribution < 1.29 is 21.9 Å². The van der Waals surface area contributed by atoms with Gasteiger partial charge in [0.1, 0.15) is 0 Å². The number of hydrogen-bond acceptors (Lipinski definition) is 3. The van der Waals surface area contributed by atoms with Crippen LogP contribution in [-0.2, 0) is 14.6 Å². The fourth-order valence-corrected chi connectivity index (χ4v) is 3.09. The van der Waals surface area contributed by atoms with Crippen LogP contribution < -0.4 is 0 Å². The Hall–Kier alpha value is -0.650. The van der Waals surface area contributed by atoms with Gasteiger partial charge < -0.3 is 4.74 Å². The maximum atomic E-state index is 12.4. The summed E-state index contributed by atoms with van der Waals surface area (Å²) in [6.07, 6.45) is 0.602. The highest BCUT2D eigenvalue weighted by Gasteiger charge is 2.32. The lowest BCUT2D eigenvalue weighted by Crippen LogP contribution is -2.29. The lowest BCUT2D eigenvalue weighted by molar-refractivity contribution is 0.0922. The zero-order valence-corrected chi connectivity index (χ0v) is 10.8. The van der Waals surface area contributed by atoms with Gasteiger partial charge >= 0.3 is 0 Å². The maximum Gasteiger partial charge on any atom is 0.239 e. The summed E-state index contributed by atoms with van der Waals surface area (Å²) >= 11 is 0. The predicted molar refractivity (Wildman–Crippen MR) is 61.7 cm³/mol. The largest absolute Gasteiger partial charge is 0.498 e. The number of alkyl halides is 2. The molecule has 17 heavy (non-hydrogen) atoms. The summed E-state index contributed by atoms with van der Waals surface area (Å²) in [6.45, 7) is 2.19. The summed E-state index contributed by atoms with van der Waals surface area (Å²) in [6, 6.07) is 0. The Morgan fingerprint density at radius 1 is 1.53 bits per heavy atom. The van der Waals surface area contributed by atoms with Crippen molar-refractivity contribution in [2.24, 2.45) is 5.92 Å². The van der Waals surface area contributed by atoms with Crippen LogP contribution in [0.2, 0.25) is 0 Å². The average Bonchev–Trinajstić information content (AvgIpc) is 2.18. The minimum Gasteiger partial charge on any atom is -0.498 e. The molecule has 6 heteroatoms. The molecule has 2 unspecified atom stereocenters. The Kier molecular flexibility index (Phi) is 4.91.